The average Bonchev–Trinajstić information content (AvgIpc) is 3.25. The number of ether oxygens (including phenoxy) is 1. The number of benzene rings is 1. The number of aromatic nitrogens is 3. The number of rotatable bonds is 4. The first kappa shape index (κ1) is 19.6. The maximum Gasteiger partial charge on any atom is 0.258 e. The number of hydrogen-bond acceptors (Lipinski definition) is 5. The Labute approximate surface area is 172 Å². The van der Waals surface area contributed by atoms with Gasteiger partial charge in [-0.25, -0.2) is 13.9 Å². The Morgan fingerprint density at radius 3 is 2.86 bits per heavy atom. The molecule has 1 atom stereocenters. The molecule has 0 bridgehead atoms. The molecule has 1 aliphatic heterocycles. The average molecular weight is 418 g/mol. The Hall–Kier alpha value is -2.71. The fourth-order valence-electron chi connectivity index (χ4n) is 3.46. The highest BCUT2D eigenvalue weighted by molar-refractivity contribution is 6.31. The van der Waals surface area contributed by atoms with Gasteiger partial charge in [0.05, 0.1) is 40.8 Å². The summed E-state index contributed by atoms with van der Waals surface area (Å²) < 4.78 is 21.1. The van der Waals surface area contributed by atoms with Crippen LogP contribution < -0.4 is 10.5 Å². The van der Waals surface area contributed by atoms with Crippen LogP contribution in [0.1, 0.15) is 39.9 Å². The van der Waals surface area contributed by atoms with E-state index in [0.717, 1.165) is 17.0 Å². The molecule has 1 unspecified atom stereocenters. The standard InChI is InChI=1S/C20H21ClFN5O2/c1-10(7-23)29-17-6-13(22)4-5-14(17)20(28)26-8-15-16(9-26)25-27-12(3)18(21)11(2)24-19(15)27/h4-6,10H,7-9,23H2,1-3H3. The number of nitrogens with two attached hydrogens (primary N) is 1. The van der Waals surface area contributed by atoms with Crippen LogP contribution in [0, 0.1) is 19.7 Å². The number of amides is 1. The molecular formula is C20H21ClFN5O2. The molecule has 2 N–H and O–H groups in total. The first-order valence-electron chi connectivity index (χ1n) is 9.28. The van der Waals surface area contributed by atoms with Gasteiger partial charge >= 0.3 is 0 Å². The number of carbonyl (C=O) groups excluding carboxylic acids is 1. The summed E-state index contributed by atoms with van der Waals surface area (Å²) in [5.74, 6) is -0.554. The topological polar surface area (TPSA) is 85.8 Å². The predicted octanol–water partition coefficient (Wildman–Crippen LogP) is 3.02. The molecule has 1 aromatic carbocycles. The minimum atomic E-state index is -0.477. The largest absolute Gasteiger partial charge is 0.488 e. The molecule has 0 saturated heterocycles. The summed E-state index contributed by atoms with van der Waals surface area (Å²) in [7, 11) is 0. The number of carbonyl (C=O) groups is 1. The summed E-state index contributed by atoms with van der Waals surface area (Å²) in [5.41, 5.74) is 9.77. The third-order valence-corrected chi connectivity index (χ3v) is 5.62. The molecule has 7 nitrogen and oxygen atoms in total. The van der Waals surface area contributed by atoms with Crippen LogP contribution in [0.4, 0.5) is 4.39 Å². The van der Waals surface area contributed by atoms with Crippen molar-refractivity contribution >= 4 is 23.2 Å². The van der Waals surface area contributed by atoms with Crippen LogP contribution in [-0.4, -0.2) is 38.1 Å². The van der Waals surface area contributed by atoms with Crippen LogP contribution in [0.3, 0.4) is 0 Å². The summed E-state index contributed by atoms with van der Waals surface area (Å²) in [6.45, 7) is 6.43. The van der Waals surface area contributed by atoms with Crippen LogP contribution in [0.25, 0.3) is 5.65 Å². The van der Waals surface area contributed by atoms with E-state index in [1.54, 1.807) is 16.3 Å². The molecule has 0 radical (unpaired) electrons. The minimum Gasteiger partial charge on any atom is -0.488 e. The van der Waals surface area contributed by atoms with Gasteiger partial charge in [0.2, 0.25) is 0 Å². The van der Waals surface area contributed by atoms with Gasteiger partial charge in [-0.2, -0.15) is 5.10 Å². The summed E-state index contributed by atoms with van der Waals surface area (Å²) in [5, 5.41) is 5.16. The van der Waals surface area contributed by atoms with Crippen LogP contribution in [-0.2, 0) is 13.1 Å². The van der Waals surface area contributed by atoms with Gasteiger partial charge in [0.1, 0.15) is 17.7 Å². The Morgan fingerprint density at radius 2 is 2.14 bits per heavy atom. The summed E-state index contributed by atoms with van der Waals surface area (Å²) in [4.78, 5) is 19.4. The number of nitrogens with zero attached hydrogens (tertiary/aromatic N) is 4. The molecular weight excluding hydrogens is 397 g/mol. The molecule has 9 heteroatoms. The van der Waals surface area contributed by atoms with Gasteiger partial charge in [-0.3, -0.25) is 4.79 Å². The molecule has 0 spiro atoms. The van der Waals surface area contributed by atoms with Crippen molar-refractivity contribution in [3.63, 3.8) is 0 Å². The van der Waals surface area contributed by atoms with Crippen molar-refractivity contribution in [3.8, 4) is 5.75 Å². The lowest BCUT2D eigenvalue weighted by Gasteiger charge is -2.20. The highest BCUT2D eigenvalue weighted by Gasteiger charge is 2.31. The molecule has 0 fully saturated rings. The number of fused-ring (bicyclic) bond motifs is 3. The van der Waals surface area contributed by atoms with Gasteiger partial charge in [0.15, 0.2) is 5.65 Å². The van der Waals surface area contributed by atoms with Gasteiger partial charge in [-0.1, -0.05) is 11.6 Å². The first-order valence-corrected chi connectivity index (χ1v) is 9.66. The van der Waals surface area contributed by atoms with E-state index in [0.29, 0.717) is 29.5 Å². The van der Waals surface area contributed by atoms with Crippen LogP contribution in [0.15, 0.2) is 18.2 Å². The van der Waals surface area contributed by atoms with Crippen LogP contribution in [0.2, 0.25) is 5.02 Å². The van der Waals surface area contributed by atoms with Gasteiger partial charge < -0.3 is 15.4 Å². The van der Waals surface area contributed by atoms with E-state index < -0.39 is 5.82 Å². The van der Waals surface area contributed by atoms with E-state index >= 15 is 0 Å². The number of halogens is 2. The third-order valence-electron chi connectivity index (χ3n) is 5.08. The van der Waals surface area contributed by atoms with Gasteiger partial charge in [-0.05, 0) is 32.9 Å². The van der Waals surface area contributed by atoms with Crippen molar-refractivity contribution in [3.05, 3.63) is 57.2 Å². The normalized spacial score (nSPS) is 14.3. The second-order valence-electron chi connectivity index (χ2n) is 7.22. The van der Waals surface area contributed by atoms with Crippen molar-refractivity contribution in [2.45, 2.75) is 40.0 Å². The van der Waals surface area contributed by atoms with Crippen LogP contribution >= 0.6 is 11.6 Å². The number of aryl methyl sites for hydroxylation is 2. The van der Waals surface area contributed by atoms with Crippen molar-refractivity contribution in [2.75, 3.05) is 6.54 Å². The van der Waals surface area contributed by atoms with E-state index in [9.17, 15) is 9.18 Å². The highest BCUT2D eigenvalue weighted by Crippen LogP contribution is 2.31. The van der Waals surface area contributed by atoms with E-state index in [-0.39, 0.29) is 29.9 Å². The lowest BCUT2D eigenvalue weighted by atomic mass is 10.1. The predicted molar refractivity (Wildman–Crippen MR) is 107 cm³/mol. The molecule has 0 aliphatic carbocycles. The summed E-state index contributed by atoms with van der Waals surface area (Å²) in [6, 6.07) is 3.89. The molecule has 4 rings (SSSR count). The smallest absolute Gasteiger partial charge is 0.258 e. The lowest BCUT2D eigenvalue weighted by molar-refractivity contribution is 0.0743. The quantitative estimate of drug-likeness (QED) is 0.705. The highest BCUT2D eigenvalue weighted by atomic mass is 35.5. The molecule has 3 aromatic rings. The summed E-state index contributed by atoms with van der Waals surface area (Å²) >= 11 is 6.28. The van der Waals surface area contributed by atoms with E-state index in [1.165, 1.54) is 18.2 Å². The third kappa shape index (κ3) is 3.32. The zero-order valence-electron chi connectivity index (χ0n) is 16.4. The molecule has 3 heterocycles. The Balaban J connectivity index is 1.66. The molecule has 2 aromatic heterocycles. The van der Waals surface area contributed by atoms with E-state index in [2.05, 4.69) is 10.1 Å². The molecule has 1 amide bonds. The molecule has 29 heavy (non-hydrogen) atoms. The van der Waals surface area contributed by atoms with Crippen molar-refractivity contribution in [1.82, 2.24) is 19.5 Å². The van der Waals surface area contributed by atoms with E-state index in [1.807, 2.05) is 13.8 Å². The monoisotopic (exact) mass is 417 g/mol. The maximum absolute atomic E-state index is 13.7. The molecule has 1 aliphatic rings. The van der Waals surface area contributed by atoms with Gasteiger partial charge in [-0.15, -0.1) is 0 Å². The maximum atomic E-state index is 13.7. The fourth-order valence-corrected chi connectivity index (χ4v) is 3.58. The Kier molecular flexibility index (Phi) is 4.92. The van der Waals surface area contributed by atoms with Gasteiger partial charge in [0, 0.05) is 18.2 Å². The Bertz CT molecular complexity index is 1130. The van der Waals surface area contributed by atoms with Crippen molar-refractivity contribution < 1.29 is 13.9 Å². The molecule has 0 saturated carbocycles. The fraction of sp³-hybridized carbons (Fsp3) is 0.350. The van der Waals surface area contributed by atoms with Crippen LogP contribution in [0.5, 0.6) is 5.75 Å². The van der Waals surface area contributed by atoms with Crippen molar-refractivity contribution in [1.29, 1.82) is 0 Å². The summed E-state index contributed by atoms with van der Waals surface area (Å²) in [6.07, 6.45) is -0.344. The lowest BCUT2D eigenvalue weighted by Crippen LogP contribution is -2.28. The minimum absolute atomic E-state index is 0.184. The zero-order chi connectivity index (χ0) is 20.9. The number of hydrogen-bond donors (Lipinski definition) is 1. The second-order valence-corrected chi connectivity index (χ2v) is 7.60. The van der Waals surface area contributed by atoms with Gasteiger partial charge in [0.25, 0.3) is 5.91 Å². The SMILES string of the molecule is Cc1nc2c3c(nn2c(C)c1Cl)CN(C(=O)c1ccc(F)cc1OC(C)CN)C3. The van der Waals surface area contributed by atoms with Crippen molar-refractivity contribution in [2.24, 2.45) is 5.73 Å². The zero-order valence-corrected chi connectivity index (χ0v) is 17.1. The first-order chi connectivity index (χ1) is 13.8. The van der Waals surface area contributed by atoms with E-state index in [4.69, 9.17) is 22.1 Å². The Morgan fingerprint density at radius 1 is 1.38 bits per heavy atom. The second kappa shape index (κ2) is 7.27. The molecule has 152 valence electrons.